The van der Waals surface area contributed by atoms with Gasteiger partial charge in [0.2, 0.25) is 0 Å². The van der Waals surface area contributed by atoms with E-state index in [1.807, 2.05) is 18.2 Å². The van der Waals surface area contributed by atoms with Gasteiger partial charge in [-0.25, -0.2) is 4.79 Å². The Kier molecular flexibility index (Phi) is 3.19. The Morgan fingerprint density at radius 3 is 2.47 bits per heavy atom. The molecule has 1 aliphatic heterocycles. The van der Waals surface area contributed by atoms with E-state index in [0.717, 1.165) is 13.0 Å². The summed E-state index contributed by atoms with van der Waals surface area (Å²) in [7, 11) is 0. The molecule has 1 aromatic rings. The first-order valence-electron chi connectivity index (χ1n) is 5.12. The molecule has 0 atom stereocenters. The van der Waals surface area contributed by atoms with E-state index in [0.29, 0.717) is 13.3 Å². The Morgan fingerprint density at radius 2 is 1.80 bits per heavy atom. The van der Waals surface area contributed by atoms with Crippen molar-refractivity contribution in [1.82, 2.24) is 15.5 Å². The molecule has 1 aliphatic rings. The van der Waals surface area contributed by atoms with Gasteiger partial charge >= 0.3 is 6.03 Å². The molecule has 0 aromatic heterocycles. The minimum absolute atomic E-state index is 0.0778. The van der Waals surface area contributed by atoms with Gasteiger partial charge < -0.3 is 10.6 Å². The Bertz CT molecular complexity index is 316. The predicted octanol–water partition coefficient (Wildman–Crippen LogP) is 0.759. The fourth-order valence-electron chi connectivity index (χ4n) is 1.58. The van der Waals surface area contributed by atoms with Gasteiger partial charge in [-0.15, -0.1) is 0 Å². The van der Waals surface area contributed by atoms with Gasteiger partial charge in [-0.3, -0.25) is 4.90 Å². The van der Waals surface area contributed by atoms with Gasteiger partial charge in [0.15, 0.2) is 0 Å². The minimum Gasteiger partial charge on any atom is -0.325 e. The molecular formula is C11H15N3O. The fraction of sp³-hybridized carbons (Fsp3) is 0.364. The SMILES string of the molecule is O=C1NCN(CCc2ccccc2)CN1. The van der Waals surface area contributed by atoms with Crippen LogP contribution in [-0.4, -0.2) is 30.8 Å². The van der Waals surface area contributed by atoms with E-state index in [1.54, 1.807) is 0 Å². The van der Waals surface area contributed by atoms with Gasteiger partial charge in [0.1, 0.15) is 0 Å². The van der Waals surface area contributed by atoms with Crippen LogP contribution in [0.25, 0.3) is 0 Å². The topological polar surface area (TPSA) is 44.4 Å². The highest BCUT2D eigenvalue weighted by Gasteiger charge is 2.12. The average Bonchev–Trinajstić information content (AvgIpc) is 2.30. The lowest BCUT2D eigenvalue weighted by Gasteiger charge is -2.27. The van der Waals surface area contributed by atoms with Crippen molar-refractivity contribution in [3.05, 3.63) is 35.9 Å². The molecule has 0 spiro atoms. The summed E-state index contributed by atoms with van der Waals surface area (Å²) in [5.41, 5.74) is 1.33. The number of nitrogens with one attached hydrogen (secondary N) is 2. The number of carbonyl (C=O) groups excluding carboxylic acids is 1. The van der Waals surface area contributed by atoms with E-state index < -0.39 is 0 Å². The maximum absolute atomic E-state index is 10.8. The van der Waals surface area contributed by atoms with Crippen molar-refractivity contribution in [2.75, 3.05) is 19.9 Å². The smallest absolute Gasteiger partial charge is 0.316 e. The highest BCUT2D eigenvalue weighted by Crippen LogP contribution is 2.01. The molecule has 1 aromatic carbocycles. The van der Waals surface area contributed by atoms with Crippen LogP contribution in [0.4, 0.5) is 4.79 Å². The van der Waals surface area contributed by atoms with Crippen molar-refractivity contribution >= 4 is 6.03 Å². The lowest BCUT2D eigenvalue weighted by atomic mass is 10.1. The summed E-state index contributed by atoms with van der Waals surface area (Å²) >= 11 is 0. The van der Waals surface area contributed by atoms with Crippen LogP contribution in [0.3, 0.4) is 0 Å². The summed E-state index contributed by atoms with van der Waals surface area (Å²) < 4.78 is 0. The van der Waals surface area contributed by atoms with Gasteiger partial charge in [-0.05, 0) is 12.0 Å². The van der Waals surface area contributed by atoms with Crippen molar-refractivity contribution in [3.63, 3.8) is 0 Å². The van der Waals surface area contributed by atoms with Crippen molar-refractivity contribution < 1.29 is 4.79 Å². The normalized spacial score (nSPS) is 16.9. The number of hydrogen-bond acceptors (Lipinski definition) is 2. The molecule has 80 valence electrons. The van der Waals surface area contributed by atoms with E-state index in [-0.39, 0.29) is 6.03 Å². The molecule has 2 amide bonds. The second-order valence-electron chi connectivity index (χ2n) is 3.63. The molecule has 2 rings (SSSR count). The van der Waals surface area contributed by atoms with Crippen LogP contribution >= 0.6 is 0 Å². The summed E-state index contributed by atoms with van der Waals surface area (Å²) in [4.78, 5) is 13.0. The highest BCUT2D eigenvalue weighted by molar-refractivity contribution is 5.74. The first-order chi connectivity index (χ1) is 7.34. The maximum atomic E-state index is 10.8. The predicted molar refractivity (Wildman–Crippen MR) is 58.3 cm³/mol. The zero-order valence-corrected chi connectivity index (χ0v) is 8.57. The second-order valence-corrected chi connectivity index (χ2v) is 3.63. The van der Waals surface area contributed by atoms with E-state index >= 15 is 0 Å². The van der Waals surface area contributed by atoms with Crippen molar-refractivity contribution in [1.29, 1.82) is 0 Å². The average molecular weight is 205 g/mol. The Labute approximate surface area is 89.3 Å². The first-order valence-corrected chi connectivity index (χ1v) is 5.12. The third kappa shape index (κ3) is 2.95. The molecular weight excluding hydrogens is 190 g/mol. The maximum Gasteiger partial charge on any atom is 0.316 e. The lowest BCUT2D eigenvalue weighted by Crippen LogP contribution is -2.54. The van der Waals surface area contributed by atoms with Crippen molar-refractivity contribution in [2.24, 2.45) is 0 Å². The number of nitrogens with zero attached hydrogens (tertiary/aromatic N) is 1. The molecule has 1 fully saturated rings. The zero-order valence-electron chi connectivity index (χ0n) is 8.57. The molecule has 2 N–H and O–H groups in total. The fourth-order valence-corrected chi connectivity index (χ4v) is 1.58. The summed E-state index contributed by atoms with van der Waals surface area (Å²) in [6, 6.07) is 10.3. The largest absolute Gasteiger partial charge is 0.325 e. The Morgan fingerprint density at radius 1 is 1.13 bits per heavy atom. The summed E-state index contributed by atoms with van der Waals surface area (Å²) in [6.07, 6.45) is 1.01. The molecule has 0 bridgehead atoms. The third-order valence-corrected chi connectivity index (χ3v) is 2.49. The molecule has 0 unspecified atom stereocenters. The molecule has 0 aliphatic carbocycles. The Balaban J connectivity index is 1.77. The summed E-state index contributed by atoms with van der Waals surface area (Å²) in [5, 5.41) is 5.49. The zero-order chi connectivity index (χ0) is 10.5. The molecule has 1 saturated heterocycles. The Hall–Kier alpha value is -1.55. The third-order valence-electron chi connectivity index (χ3n) is 2.49. The van der Waals surface area contributed by atoms with Crippen LogP contribution in [0.2, 0.25) is 0 Å². The van der Waals surface area contributed by atoms with E-state index in [1.165, 1.54) is 5.56 Å². The number of rotatable bonds is 3. The van der Waals surface area contributed by atoms with Crippen LogP contribution in [0, 0.1) is 0 Å². The summed E-state index contributed by atoms with van der Waals surface area (Å²) in [6.45, 7) is 2.23. The van der Waals surface area contributed by atoms with Gasteiger partial charge in [-0.1, -0.05) is 30.3 Å². The second kappa shape index (κ2) is 4.79. The minimum atomic E-state index is -0.0778. The molecule has 1 heterocycles. The quantitative estimate of drug-likeness (QED) is 0.765. The molecule has 15 heavy (non-hydrogen) atoms. The van der Waals surface area contributed by atoms with Crippen LogP contribution in [0.5, 0.6) is 0 Å². The van der Waals surface area contributed by atoms with Crippen LogP contribution in [-0.2, 0) is 6.42 Å². The molecule has 4 heteroatoms. The summed E-state index contributed by atoms with van der Waals surface area (Å²) in [5.74, 6) is 0. The number of urea groups is 1. The first kappa shape index (κ1) is 9.98. The van der Waals surface area contributed by atoms with Crippen LogP contribution < -0.4 is 10.6 Å². The van der Waals surface area contributed by atoms with Gasteiger partial charge in [0, 0.05) is 6.54 Å². The van der Waals surface area contributed by atoms with Crippen molar-refractivity contribution in [2.45, 2.75) is 6.42 Å². The van der Waals surface area contributed by atoms with E-state index in [9.17, 15) is 4.79 Å². The van der Waals surface area contributed by atoms with E-state index in [2.05, 4.69) is 27.7 Å². The number of carbonyl (C=O) groups is 1. The lowest BCUT2D eigenvalue weighted by molar-refractivity contribution is 0.183. The highest BCUT2D eigenvalue weighted by atomic mass is 16.2. The monoisotopic (exact) mass is 205 g/mol. The standard InChI is InChI=1S/C11H15N3O/c15-11-12-8-14(9-13-11)7-6-10-4-2-1-3-5-10/h1-5H,6-9H2,(H2,12,13,15). The van der Waals surface area contributed by atoms with Crippen LogP contribution in [0.15, 0.2) is 30.3 Å². The van der Waals surface area contributed by atoms with Gasteiger partial charge in [0.05, 0.1) is 13.3 Å². The molecule has 0 saturated carbocycles. The number of benzene rings is 1. The van der Waals surface area contributed by atoms with Gasteiger partial charge in [0.25, 0.3) is 0 Å². The van der Waals surface area contributed by atoms with Crippen LogP contribution in [0.1, 0.15) is 5.56 Å². The van der Waals surface area contributed by atoms with Gasteiger partial charge in [-0.2, -0.15) is 0 Å². The van der Waals surface area contributed by atoms with Crippen molar-refractivity contribution in [3.8, 4) is 0 Å². The van der Waals surface area contributed by atoms with E-state index in [4.69, 9.17) is 0 Å². The number of hydrogen-bond donors (Lipinski definition) is 2. The number of amides is 2. The molecule has 0 radical (unpaired) electrons. The molecule has 4 nitrogen and oxygen atoms in total.